The molecular formula is C14H16N2O5. The Balaban J connectivity index is 1.89. The number of hydrogen-bond acceptors (Lipinski definition) is 6. The van der Waals surface area contributed by atoms with Gasteiger partial charge >= 0.3 is 0 Å². The number of nitrogens with zero attached hydrogens (tertiary/aromatic N) is 2. The van der Waals surface area contributed by atoms with Gasteiger partial charge in [-0.25, -0.2) is 10.0 Å². The van der Waals surface area contributed by atoms with E-state index in [1.807, 2.05) is 0 Å². The van der Waals surface area contributed by atoms with Crippen molar-refractivity contribution < 1.29 is 24.9 Å². The Hall–Kier alpha value is -1.80. The minimum absolute atomic E-state index is 0.0386. The summed E-state index contributed by atoms with van der Waals surface area (Å²) in [5.41, 5.74) is 0.646. The fourth-order valence-corrected chi connectivity index (χ4v) is 2.85. The summed E-state index contributed by atoms with van der Waals surface area (Å²) in [5, 5.41) is 31.3. The zero-order valence-corrected chi connectivity index (χ0v) is 11.2. The lowest BCUT2D eigenvalue weighted by Crippen LogP contribution is -2.60. The maximum atomic E-state index is 12.3. The number of hydrogen-bond donors (Lipinski definition) is 3. The third-order valence-electron chi connectivity index (χ3n) is 4.01. The number of β-amino-alcohol motifs (C(OH)–C–C–N with tert-alkyl or cyclic N) is 1. The Morgan fingerprint density at radius 1 is 1.05 bits per heavy atom. The van der Waals surface area contributed by atoms with E-state index >= 15 is 0 Å². The van der Waals surface area contributed by atoms with Crippen LogP contribution in [0.5, 0.6) is 0 Å². The molecule has 2 amide bonds. The van der Waals surface area contributed by atoms with Crippen molar-refractivity contribution in [2.45, 2.75) is 12.2 Å². The van der Waals surface area contributed by atoms with Gasteiger partial charge in [0.15, 0.2) is 0 Å². The number of benzene rings is 1. The molecule has 0 spiro atoms. The lowest BCUT2D eigenvalue weighted by molar-refractivity contribution is -0.124. The molecule has 3 atom stereocenters. The summed E-state index contributed by atoms with van der Waals surface area (Å²) < 4.78 is 0. The Morgan fingerprint density at radius 2 is 1.62 bits per heavy atom. The molecule has 1 aromatic rings. The molecule has 1 fully saturated rings. The van der Waals surface area contributed by atoms with E-state index < -0.39 is 29.9 Å². The smallest absolute Gasteiger partial charge is 0.276 e. The largest absolute Gasteiger partial charge is 0.396 e. The van der Waals surface area contributed by atoms with Crippen molar-refractivity contribution in [2.75, 3.05) is 19.7 Å². The average molecular weight is 292 g/mol. The first-order valence-corrected chi connectivity index (χ1v) is 6.74. The lowest BCUT2D eigenvalue weighted by atomic mass is 9.94. The van der Waals surface area contributed by atoms with Crippen LogP contribution < -0.4 is 0 Å². The van der Waals surface area contributed by atoms with Gasteiger partial charge in [-0.15, -0.1) is 0 Å². The van der Waals surface area contributed by atoms with Crippen LogP contribution in [0.25, 0.3) is 0 Å². The molecule has 3 N–H and O–H groups in total. The molecule has 2 aliphatic heterocycles. The average Bonchev–Trinajstić information content (AvgIpc) is 2.74. The number of aliphatic hydroxyl groups is 3. The van der Waals surface area contributed by atoms with Gasteiger partial charge < -0.3 is 15.3 Å². The van der Waals surface area contributed by atoms with Crippen LogP contribution in [0, 0.1) is 5.92 Å². The van der Waals surface area contributed by atoms with Crippen LogP contribution >= 0.6 is 0 Å². The molecule has 0 unspecified atom stereocenters. The fourth-order valence-electron chi connectivity index (χ4n) is 2.85. The van der Waals surface area contributed by atoms with Crippen molar-refractivity contribution in [3.63, 3.8) is 0 Å². The van der Waals surface area contributed by atoms with Crippen LogP contribution in [0.15, 0.2) is 24.3 Å². The third-order valence-corrected chi connectivity index (χ3v) is 4.01. The van der Waals surface area contributed by atoms with Gasteiger partial charge in [-0.2, -0.15) is 0 Å². The number of fused-ring (bicyclic) bond motifs is 1. The molecular weight excluding hydrogens is 276 g/mol. The fraction of sp³-hybridized carbons (Fsp3) is 0.429. The van der Waals surface area contributed by atoms with E-state index in [4.69, 9.17) is 0 Å². The highest BCUT2D eigenvalue weighted by molar-refractivity contribution is 6.20. The van der Waals surface area contributed by atoms with Gasteiger partial charge in [0.05, 0.1) is 23.3 Å². The van der Waals surface area contributed by atoms with E-state index in [0.717, 1.165) is 5.01 Å². The van der Waals surface area contributed by atoms with Crippen molar-refractivity contribution in [1.29, 1.82) is 0 Å². The lowest BCUT2D eigenvalue weighted by Gasteiger charge is -2.41. The van der Waals surface area contributed by atoms with Crippen LogP contribution in [0.2, 0.25) is 0 Å². The maximum absolute atomic E-state index is 12.3. The summed E-state index contributed by atoms with van der Waals surface area (Å²) in [6, 6.07) is 6.51. The van der Waals surface area contributed by atoms with E-state index in [-0.39, 0.29) is 19.7 Å². The molecule has 0 aliphatic carbocycles. The molecule has 0 bridgehead atoms. The van der Waals surface area contributed by atoms with Crippen LogP contribution in [0.3, 0.4) is 0 Å². The summed E-state index contributed by atoms with van der Waals surface area (Å²) in [6.07, 6.45) is -2.19. The van der Waals surface area contributed by atoms with E-state index in [2.05, 4.69) is 0 Å². The predicted octanol–water partition coefficient (Wildman–Crippen LogP) is -1.16. The highest BCUT2D eigenvalue weighted by atomic mass is 16.3. The summed E-state index contributed by atoms with van der Waals surface area (Å²) >= 11 is 0. The Morgan fingerprint density at radius 3 is 2.14 bits per heavy atom. The van der Waals surface area contributed by atoms with E-state index in [9.17, 15) is 24.9 Å². The van der Waals surface area contributed by atoms with Crippen LogP contribution in [0.1, 0.15) is 20.7 Å². The first-order valence-electron chi connectivity index (χ1n) is 6.74. The molecule has 1 aromatic carbocycles. The first-order chi connectivity index (χ1) is 10.0. The van der Waals surface area contributed by atoms with Gasteiger partial charge in [-0.3, -0.25) is 9.59 Å². The monoisotopic (exact) mass is 292 g/mol. The molecule has 1 saturated heterocycles. The first kappa shape index (κ1) is 14.2. The van der Waals surface area contributed by atoms with E-state index in [1.54, 1.807) is 24.3 Å². The van der Waals surface area contributed by atoms with Crippen LogP contribution in [-0.4, -0.2) is 69.1 Å². The van der Waals surface area contributed by atoms with Gasteiger partial charge in [-0.1, -0.05) is 12.1 Å². The normalized spacial score (nSPS) is 29.9. The van der Waals surface area contributed by atoms with Gasteiger partial charge in [0.2, 0.25) is 0 Å². The number of rotatable bonds is 2. The van der Waals surface area contributed by atoms with Crippen molar-refractivity contribution in [3.05, 3.63) is 35.4 Å². The summed E-state index contributed by atoms with van der Waals surface area (Å²) in [5.74, 6) is -1.51. The summed E-state index contributed by atoms with van der Waals surface area (Å²) in [4.78, 5) is 24.7. The Kier molecular flexibility index (Phi) is 3.50. The standard InChI is InChI=1S/C14H16N2O5/c17-7-8-5-15(6-11(18)12(8)19)16-13(20)9-3-1-2-4-10(9)14(16)21/h1-4,8,11-12,17-19H,5-7H2/t8-,11-,12-/m1/s1. The van der Waals surface area contributed by atoms with Gasteiger partial charge in [0.1, 0.15) is 0 Å². The van der Waals surface area contributed by atoms with E-state index in [0.29, 0.717) is 11.1 Å². The molecule has 21 heavy (non-hydrogen) atoms. The maximum Gasteiger partial charge on any atom is 0.276 e. The van der Waals surface area contributed by atoms with Crippen molar-refractivity contribution in [2.24, 2.45) is 5.92 Å². The molecule has 0 aromatic heterocycles. The zero-order valence-electron chi connectivity index (χ0n) is 11.2. The third kappa shape index (κ3) is 2.14. The highest BCUT2D eigenvalue weighted by Gasteiger charge is 2.44. The van der Waals surface area contributed by atoms with Gasteiger partial charge in [0, 0.05) is 25.6 Å². The highest BCUT2D eigenvalue weighted by Crippen LogP contribution is 2.27. The number of imide groups is 1. The number of carbonyl (C=O) groups is 2. The minimum atomic E-state index is -1.12. The van der Waals surface area contributed by atoms with Crippen LogP contribution in [-0.2, 0) is 0 Å². The van der Waals surface area contributed by atoms with Crippen molar-refractivity contribution in [1.82, 2.24) is 10.0 Å². The number of piperidine rings is 1. The minimum Gasteiger partial charge on any atom is -0.396 e. The molecule has 3 rings (SSSR count). The van der Waals surface area contributed by atoms with Gasteiger partial charge in [0.25, 0.3) is 11.8 Å². The molecule has 7 nitrogen and oxygen atoms in total. The Bertz CT molecular complexity index is 555. The second-order valence-electron chi connectivity index (χ2n) is 5.34. The van der Waals surface area contributed by atoms with Crippen molar-refractivity contribution >= 4 is 11.8 Å². The zero-order chi connectivity index (χ0) is 15.1. The molecule has 2 heterocycles. The molecule has 2 aliphatic rings. The van der Waals surface area contributed by atoms with Crippen molar-refractivity contribution in [3.8, 4) is 0 Å². The predicted molar refractivity (Wildman–Crippen MR) is 71.1 cm³/mol. The number of carbonyl (C=O) groups excluding carboxylic acids is 2. The topological polar surface area (TPSA) is 101 Å². The SMILES string of the molecule is O=C1c2ccccc2C(=O)N1N1C[C@H](CO)[C@@H](O)[C@H](O)C1. The quantitative estimate of drug-likeness (QED) is 0.595. The molecule has 7 heteroatoms. The second-order valence-corrected chi connectivity index (χ2v) is 5.34. The molecule has 0 radical (unpaired) electrons. The van der Waals surface area contributed by atoms with Gasteiger partial charge in [-0.05, 0) is 12.1 Å². The number of hydrazine groups is 1. The Labute approximate surface area is 121 Å². The van der Waals surface area contributed by atoms with Crippen LogP contribution in [0.4, 0.5) is 0 Å². The second kappa shape index (κ2) is 5.19. The summed E-state index contributed by atoms with van der Waals surface area (Å²) in [6.45, 7) is -0.249. The molecule has 0 saturated carbocycles. The van der Waals surface area contributed by atoms with E-state index in [1.165, 1.54) is 5.01 Å². The summed E-state index contributed by atoms with van der Waals surface area (Å²) in [7, 11) is 0. The molecule has 112 valence electrons. The number of amides is 2. The number of aliphatic hydroxyl groups excluding tert-OH is 3.